The molecule has 2 rings (SSSR count). The summed E-state index contributed by atoms with van der Waals surface area (Å²) in [6.07, 6.45) is 0.925. The van der Waals surface area contributed by atoms with Gasteiger partial charge in [0.15, 0.2) is 0 Å². The summed E-state index contributed by atoms with van der Waals surface area (Å²) in [6, 6.07) is 10.9. The fourth-order valence-electron chi connectivity index (χ4n) is 1.73. The predicted octanol–water partition coefficient (Wildman–Crippen LogP) is 4.62. The Hall–Kier alpha value is -1.88. The average molecular weight is 352 g/mol. The standard InChI is InChI=1S/C16H18BrNO3/c1-3-8-20-16-10-12(4-6-14(16)18)21-15-7-5-11(19-2)9-13(15)17/h4-7,9-10H,3,8,18H2,1-2H3. The summed E-state index contributed by atoms with van der Waals surface area (Å²) in [4.78, 5) is 0. The molecule has 5 heteroatoms. The van der Waals surface area contributed by atoms with Crippen LogP contribution in [0, 0.1) is 0 Å². The maximum Gasteiger partial charge on any atom is 0.145 e. The summed E-state index contributed by atoms with van der Waals surface area (Å²) >= 11 is 3.46. The van der Waals surface area contributed by atoms with Gasteiger partial charge in [-0.1, -0.05) is 6.92 Å². The first kappa shape index (κ1) is 15.5. The van der Waals surface area contributed by atoms with Crippen LogP contribution in [0.1, 0.15) is 13.3 Å². The summed E-state index contributed by atoms with van der Waals surface area (Å²) in [5, 5.41) is 0. The smallest absolute Gasteiger partial charge is 0.145 e. The van der Waals surface area contributed by atoms with E-state index in [9.17, 15) is 0 Å². The van der Waals surface area contributed by atoms with Crippen LogP contribution in [0.4, 0.5) is 5.69 Å². The molecule has 0 bridgehead atoms. The molecular weight excluding hydrogens is 334 g/mol. The van der Waals surface area contributed by atoms with Gasteiger partial charge in [-0.15, -0.1) is 0 Å². The number of hydrogen-bond acceptors (Lipinski definition) is 4. The normalized spacial score (nSPS) is 10.2. The molecule has 112 valence electrons. The lowest BCUT2D eigenvalue weighted by Crippen LogP contribution is -1.99. The minimum atomic E-state index is 0.601. The highest BCUT2D eigenvalue weighted by Gasteiger charge is 2.07. The van der Waals surface area contributed by atoms with Crippen molar-refractivity contribution in [3.8, 4) is 23.0 Å². The number of halogens is 1. The van der Waals surface area contributed by atoms with Gasteiger partial charge in [0.1, 0.15) is 23.0 Å². The van der Waals surface area contributed by atoms with Crippen molar-refractivity contribution < 1.29 is 14.2 Å². The fourth-order valence-corrected chi connectivity index (χ4v) is 2.17. The van der Waals surface area contributed by atoms with E-state index in [1.165, 1.54) is 0 Å². The molecule has 4 nitrogen and oxygen atoms in total. The van der Waals surface area contributed by atoms with Crippen LogP contribution in [-0.2, 0) is 0 Å². The van der Waals surface area contributed by atoms with Crippen LogP contribution >= 0.6 is 15.9 Å². The van der Waals surface area contributed by atoms with Crippen LogP contribution in [0.15, 0.2) is 40.9 Å². The lowest BCUT2D eigenvalue weighted by molar-refractivity contribution is 0.317. The van der Waals surface area contributed by atoms with Gasteiger partial charge in [0.2, 0.25) is 0 Å². The van der Waals surface area contributed by atoms with Crippen molar-refractivity contribution >= 4 is 21.6 Å². The number of ether oxygens (including phenoxy) is 3. The molecule has 0 saturated carbocycles. The van der Waals surface area contributed by atoms with E-state index in [0.717, 1.165) is 16.6 Å². The van der Waals surface area contributed by atoms with E-state index in [2.05, 4.69) is 15.9 Å². The van der Waals surface area contributed by atoms with E-state index in [0.29, 0.717) is 29.5 Å². The Morgan fingerprint density at radius 3 is 2.48 bits per heavy atom. The van der Waals surface area contributed by atoms with Crippen molar-refractivity contribution in [3.63, 3.8) is 0 Å². The number of rotatable bonds is 6. The second kappa shape index (κ2) is 7.22. The van der Waals surface area contributed by atoms with Crippen LogP contribution < -0.4 is 19.9 Å². The molecule has 0 spiro atoms. The molecule has 2 aromatic carbocycles. The van der Waals surface area contributed by atoms with Crippen molar-refractivity contribution in [2.24, 2.45) is 0 Å². The minimum absolute atomic E-state index is 0.601. The lowest BCUT2D eigenvalue weighted by atomic mass is 10.2. The highest BCUT2D eigenvalue weighted by atomic mass is 79.9. The van der Waals surface area contributed by atoms with Crippen LogP contribution in [-0.4, -0.2) is 13.7 Å². The van der Waals surface area contributed by atoms with E-state index in [1.807, 2.05) is 31.2 Å². The Morgan fingerprint density at radius 1 is 1.05 bits per heavy atom. The van der Waals surface area contributed by atoms with Gasteiger partial charge in [0, 0.05) is 6.07 Å². The molecule has 2 aromatic rings. The first-order chi connectivity index (χ1) is 10.1. The lowest BCUT2D eigenvalue weighted by Gasteiger charge is -2.12. The number of nitrogen functional groups attached to an aromatic ring is 1. The van der Waals surface area contributed by atoms with Gasteiger partial charge in [0.05, 0.1) is 23.9 Å². The molecule has 2 N–H and O–H groups in total. The summed E-state index contributed by atoms with van der Waals surface area (Å²) in [6.45, 7) is 2.67. The molecule has 0 unspecified atom stereocenters. The maximum atomic E-state index is 5.89. The Labute approximate surface area is 132 Å². The highest BCUT2D eigenvalue weighted by Crippen LogP contribution is 2.35. The average Bonchev–Trinajstić information content (AvgIpc) is 2.49. The molecule has 0 aliphatic carbocycles. The van der Waals surface area contributed by atoms with E-state index >= 15 is 0 Å². The number of anilines is 1. The zero-order valence-electron chi connectivity index (χ0n) is 12.1. The minimum Gasteiger partial charge on any atom is -0.497 e. The third kappa shape index (κ3) is 4.04. The monoisotopic (exact) mass is 351 g/mol. The predicted molar refractivity (Wildman–Crippen MR) is 87.4 cm³/mol. The third-order valence-corrected chi connectivity index (χ3v) is 3.43. The molecule has 0 radical (unpaired) electrons. The van der Waals surface area contributed by atoms with Gasteiger partial charge < -0.3 is 19.9 Å². The van der Waals surface area contributed by atoms with Crippen molar-refractivity contribution in [1.29, 1.82) is 0 Å². The second-order valence-corrected chi connectivity index (χ2v) is 5.30. The van der Waals surface area contributed by atoms with Gasteiger partial charge >= 0.3 is 0 Å². The maximum absolute atomic E-state index is 5.89. The van der Waals surface area contributed by atoms with Crippen LogP contribution in [0.5, 0.6) is 23.0 Å². The molecule has 0 aromatic heterocycles. The van der Waals surface area contributed by atoms with E-state index in [4.69, 9.17) is 19.9 Å². The summed E-state index contributed by atoms with van der Waals surface area (Å²) in [5.74, 6) is 2.76. The molecule has 0 atom stereocenters. The number of hydrogen-bond donors (Lipinski definition) is 1. The van der Waals surface area contributed by atoms with Gasteiger partial charge in [-0.3, -0.25) is 0 Å². The molecule has 0 aliphatic heterocycles. The summed E-state index contributed by atoms with van der Waals surface area (Å²) in [5.41, 5.74) is 6.49. The Kier molecular flexibility index (Phi) is 5.33. The zero-order valence-corrected chi connectivity index (χ0v) is 13.6. The highest BCUT2D eigenvalue weighted by molar-refractivity contribution is 9.10. The van der Waals surface area contributed by atoms with Crippen LogP contribution in [0.3, 0.4) is 0 Å². The van der Waals surface area contributed by atoms with Crippen LogP contribution in [0.2, 0.25) is 0 Å². The first-order valence-electron chi connectivity index (χ1n) is 6.67. The Balaban J connectivity index is 2.19. The molecule has 0 heterocycles. The summed E-state index contributed by atoms with van der Waals surface area (Å²) < 4.78 is 17.4. The van der Waals surface area contributed by atoms with Gasteiger partial charge in [0.25, 0.3) is 0 Å². The zero-order chi connectivity index (χ0) is 15.2. The fraction of sp³-hybridized carbons (Fsp3) is 0.250. The Bertz CT molecular complexity index is 616. The largest absolute Gasteiger partial charge is 0.497 e. The topological polar surface area (TPSA) is 53.7 Å². The number of methoxy groups -OCH3 is 1. The molecular formula is C16H18BrNO3. The summed E-state index contributed by atoms with van der Waals surface area (Å²) in [7, 11) is 1.62. The second-order valence-electron chi connectivity index (χ2n) is 4.45. The van der Waals surface area contributed by atoms with Gasteiger partial charge in [-0.05, 0) is 52.7 Å². The van der Waals surface area contributed by atoms with Gasteiger partial charge in [-0.25, -0.2) is 0 Å². The Morgan fingerprint density at radius 2 is 1.81 bits per heavy atom. The van der Waals surface area contributed by atoms with Crippen LogP contribution in [0.25, 0.3) is 0 Å². The van der Waals surface area contributed by atoms with Crippen molar-refractivity contribution in [2.45, 2.75) is 13.3 Å². The van der Waals surface area contributed by atoms with E-state index in [-0.39, 0.29) is 0 Å². The number of benzene rings is 2. The third-order valence-electron chi connectivity index (χ3n) is 2.81. The van der Waals surface area contributed by atoms with E-state index < -0.39 is 0 Å². The molecule has 0 saturated heterocycles. The SMILES string of the molecule is CCCOc1cc(Oc2ccc(OC)cc2Br)ccc1N. The molecule has 21 heavy (non-hydrogen) atoms. The molecule has 0 amide bonds. The van der Waals surface area contributed by atoms with E-state index in [1.54, 1.807) is 19.2 Å². The van der Waals surface area contributed by atoms with Crippen molar-refractivity contribution in [3.05, 3.63) is 40.9 Å². The van der Waals surface area contributed by atoms with Crippen molar-refractivity contribution in [2.75, 3.05) is 19.5 Å². The quantitative estimate of drug-likeness (QED) is 0.771. The van der Waals surface area contributed by atoms with Crippen molar-refractivity contribution in [1.82, 2.24) is 0 Å². The van der Waals surface area contributed by atoms with Gasteiger partial charge in [-0.2, -0.15) is 0 Å². The molecule has 0 aliphatic rings. The molecule has 0 fully saturated rings. The first-order valence-corrected chi connectivity index (χ1v) is 7.47. The number of nitrogens with two attached hydrogens (primary N) is 1.